The van der Waals surface area contributed by atoms with Crippen LogP contribution in [0.1, 0.15) is 5.82 Å². The average Bonchev–Trinajstić information content (AvgIpc) is 3.07. The maximum absolute atomic E-state index is 11.8. The monoisotopic (exact) mass is 308 g/mol. The van der Waals surface area contributed by atoms with Gasteiger partial charge < -0.3 is 0 Å². The summed E-state index contributed by atoms with van der Waals surface area (Å²) < 4.78 is 2.28. The predicted octanol–water partition coefficient (Wildman–Crippen LogP) is 2.04. The number of hydrogen-bond acceptors (Lipinski definition) is 6. The van der Waals surface area contributed by atoms with Crippen molar-refractivity contribution in [3.05, 3.63) is 40.6 Å². The summed E-state index contributed by atoms with van der Waals surface area (Å²) >= 11 is 1.45. The summed E-state index contributed by atoms with van der Waals surface area (Å²) in [5.41, 5.74) is 3.44. The summed E-state index contributed by atoms with van der Waals surface area (Å²) in [6, 6.07) is 7.72. The first-order chi connectivity index (χ1) is 10.7. The van der Waals surface area contributed by atoms with Crippen LogP contribution in [0.4, 0.5) is 0 Å². The first-order valence-electron chi connectivity index (χ1n) is 6.65. The highest BCUT2D eigenvalue weighted by Gasteiger charge is 2.17. The molecule has 4 heterocycles. The molecule has 0 aliphatic rings. The van der Waals surface area contributed by atoms with Crippen molar-refractivity contribution < 1.29 is 0 Å². The molecular formula is C14H8N6OS. The lowest BCUT2D eigenvalue weighted by Crippen LogP contribution is -2.12. The van der Waals surface area contributed by atoms with E-state index in [2.05, 4.69) is 25.1 Å². The summed E-state index contributed by atoms with van der Waals surface area (Å²) in [7, 11) is 0. The molecule has 8 heteroatoms. The van der Waals surface area contributed by atoms with Crippen molar-refractivity contribution in [1.82, 2.24) is 29.5 Å². The molecule has 0 atom stereocenters. The highest BCUT2D eigenvalue weighted by Crippen LogP contribution is 2.33. The molecule has 5 rings (SSSR count). The fourth-order valence-corrected chi connectivity index (χ4v) is 3.72. The van der Waals surface area contributed by atoms with Crippen molar-refractivity contribution in [3.63, 3.8) is 0 Å². The van der Waals surface area contributed by atoms with E-state index in [1.54, 1.807) is 6.92 Å². The third kappa shape index (κ3) is 1.37. The largest absolute Gasteiger partial charge is 0.349 e. The Morgan fingerprint density at radius 3 is 2.68 bits per heavy atom. The quantitative estimate of drug-likeness (QED) is 0.473. The highest BCUT2D eigenvalue weighted by atomic mass is 32.1. The maximum Gasteiger partial charge on any atom is 0.349 e. The van der Waals surface area contributed by atoms with Gasteiger partial charge in [-0.3, -0.25) is 0 Å². The van der Waals surface area contributed by atoms with Gasteiger partial charge in [-0.2, -0.15) is 5.10 Å². The van der Waals surface area contributed by atoms with Crippen molar-refractivity contribution in [3.8, 4) is 0 Å². The number of rotatable bonds is 0. The van der Waals surface area contributed by atoms with Crippen LogP contribution in [0.15, 0.2) is 29.1 Å². The third-order valence-electron chi connectivity index (χ3n) is 3.65. The standard InChI is InChI=1S/C14H8N6OS/c1-6-15-9-10-13(17-8-5-3-2-4-7(8)16-10)22-11(9)12-18-19-14(21)20(6)12/h2-5H,1H3,(H,19,21). The maximum atomic E-state index is 11.8. The number of aromatic amines is 1. The van der Waals surface area contributed by atoms with E-state index in [0.717, 1.165) is 31.6 Å². The average molecular weight is 308 g/mol. The third-order valence-corrected chi connectivity index (χ3v) is 4.71. The molecular weight excluding hydrogens is 300 g/mol. The minimum Gasteiger partial charge on any atom is -0.246 e. The number of fused-ring (bicyclic) bond motifs is 6. The number of nitrogens with one attached hydrogen (secondary N) is 1. The van der Waals surface area contributed by atoms with E-state index in [4.69, 9.17) is 0 Å². The van der Waals surface area contributed by atoms with Gasteiger partial charge in [0.1, 0.15) is 26.4 Å². The molecule has 0 radical (unpaired) electrons. The van der Waals surface area contributed by atoms with Crippen LogP contribution in [-0.4, -0.2) is 29.5 Å². The second-order valence-corrected chi connectivity index (χ2v) is 5.99. The van der Waals surface area contributed by atoms with Gasteiger partial charge in [0.05, 0.1) is 11.0 Å². The van der Waals surface area contributed by atoms with Gasteiger partial charge in [0, 0.05) is 0 Å². The van der Waals surface area contributed by atoms with Crippen LogP contribution in [0.2, 0.25) is 0 Å². The zero-order valence-corrected chi connectivity index (χ0v) is 12.2. The van der Waals surface area contributed by atoms with Crippen molar-refractivity contribution in [2.75, 3.05) is 0 Å². The van der Waals surface area contributed by atoms with Crippen molar-refractivity contribution in [2.24, 2.45) is 0 Å². The number of H-pyrrole nitrogens is 1. The van der Waals surface area contributed by atoms with Crippen molar-refractivity contribution in [1.29, 1.82) is 0 Å². The zero-order chi connectivity index (χ0) is 14.8. The number of para-hydroxylation sites is 2. The molecule has 5 aromatic rings. The second-order valence-electron chi connectivity index (χ2n) is 4.99. The van der Waals surface area contributed by atoms with Crippen LogP contribution in [0.5, 0.6) is 0 Å². The van der Waals surface area contributed by atoms with Crippen LogP contribution in [0, 0.1) is 6.92 Å². The molecule has 7 nitrogen and oxygen atoms in total. The van der Waals surface area contributed by atoms with E-state index in [1.165, 1.54) is 15.7 Å². The molecule has 0 saturated heterocycles. The van der Waals surface area contributed by atoms with E-state index in [1.807, 2.05) is 24.3 Å². The smallest absolute Gasteiger partial charge is 0.246 e. The Morgan fingerprint density at radius 1 is 1.09 bits per heavy atom. The van der Waals surface area contributed by atoms with Gasteiger partial charge in [0.25, 0.3) is 0 Å². The lowest BCUT2D eigenvalue weighted by Gasteiger charge is -1.98. The Hall–Kier alpha value is -2.87. The zero-order valence-electron chi connectivity index (χ0n) is 11.4. The Labute approximate surface area is 126 Å². The first-order valence-corrected chi connectivity index (χ1v) is 7.47. The van der Waals surface area contributed by atoms with Crippen LogP contribution in [-0.2, 0) is 0 Å². The minimum absolute atomic E-state index is 0.287. The molecule has 0 bridgehead atoms. The first kappa shape index (κ1) is 11.8. The summed E-state index contributed by atoms with van der Waals surface area (Å²) in [5.74, 6) is 0.580. The van der Waals surface area contributed by atoms with Crippen LogP contribution < -0.4 is 5.69 Å². The lowest BCUT2D eigenvalue weighted by atomic mass is 10.3. The SMILES string of the molecule is Cc1nc2c3nc4ccccc4nc3sc2c2n[nH]c(=O)n12. The lowest BCUT2D eigenvalue weighted by molar-refractivity contribution is 0.951. The summed E-state index contributed by atoms with van der Waals surface area (Å²) in [6.45, 7) is 1.78. The van der Waals surface area contributed by atoms with E-state index in [9.17, 15) is 4.79 Å². The molecule has 4 aromatic heterocycles. The molecule has 0 unspecified atom stereocenters. The molecule has 0 aliphatic carbocycles. The van der Waals surface area contributed by atoms with E-state index >= 15 is 0 Å². The summed E-state index contributed by atoms with van der Waals surface area (Å²) in [4.78, 5) is 26.5. The number of thiophene rings is 1. The normalized spacial score (nSPS) is 12.0. The van der Waals surface area contributed by atoms with Crippen molar-refractivity contribution >= 4 is 48.6 Å². The van der Waals surface area contributed by atoms with E-state index < -0.39 is 0 Å². The van der Waals surface area contributed by atoms with Gasteiger partial charge in [0.15, 0.2) is 5.65 Å². The Kier molecular flexibility index (Phi) is 2.06. The number of aryl methyl sites for hydroxylation is 1. The summed E-state index contributed by atoms with van der Waals surface area (Å²) in [5, 5.41) is 6.58. The highest BCUT2D eigenvalue weighted by molar-refractivity contribution is 7.26. The van der Waals surface area contributed by atoms with Crippen LogP contribution in [0.3, 0.4) is 0 Å². The van der Waals surface area contributed by atoms with Gasteiger partial charge in [-0.15, -0.1) is 11.3 Å². The number of hydrogen-bond donors (Lipinski definition) is 1. The van der Waals surface area contributed by atoms with Crippen LogP contribution in [0.25, 0.3) is 37.2 Å². The Morgan fingerprint density at radius 2 is 1.86 bits per heavy atom. The molecule has 1 aromatic carbocycles. The summed E-state index contributed by atoms with van der Waals surface area (Å²) in [6.07, 6.45) is 0. The van der Waals surface area contributed by atoms with E-state index in [-0.39, 0.29) is 5.69 Å². The van der Waals surface area contributed by atoms with Crippen molar-refractivity contribution in [2.45, 2.75) is 6.92 Å². The predicted molar refractivity (Wildman–Crippen MR) is 84.3 cm³/mol. The second kappa shape index (κ2) is 3.86. The fraction of sp³-hybridized carbons (Fsp3) is 0.0714. The number of aromatic nitrogens is 6. The van der Waals surface area contributed by atoms with Gasteiger partial charge in [-0.1, -0.05) is 12.1 Å². The molecule has 0 aliphatic heterocycles. The van der Waals surface area contributed by atoms with Gasteiger partial charge in [-0.25, -0.2) is 29.2 Å². The van der Waals surface area contributed by atoms with Gasteiger partial charge in [0.2, 0.25) is 0 Å². The Bertz CT molecular complexity index is 1260. The molecule has 1 N–H and O–H groups in total. The minimum atomic E-state index is -0.287. The van der Waals surface area contributed by atoms with E-state index in [0.29, 0.717) is 11.5 Å². The molecule has 0 amide bonds. The van der Waals surface area contributed by atoms with Gasteiger partial charge in [-0.05, 0) is 19.1 Å². The van der Waals surface area contributed by atoms with Gasteiger partial charge >= 0.3 is 5.69 Å². The molecule has 106 valence electrons. The molecule has 0 spiro atoms. The topological polar surface area (TPSA) is 88.8 Å². The number of benzene rings is 1. The molecule has 22 heavy (non-hydrogen) atoms. The Balaban J connectivity index is 2.08. The molecule has 0 saturated carbocycles. The number of nitrogens with zero attached hydrogens (tertiary/aromatic N) is 5. The fourth-order valence-electron chi connectivity index (χ4n) is 2.68. The van der Waals surface area contributed by atoms with Crippen LogP contribution >= 0.6 is 11.3 Å². The molecule has 0 fully saturated rings.